The van der Waals surface area contributed by atoms with Gasteiger partial charge in [0.05, 0.1) is 12.7 Å². The van der Waals surface area contributed by atoms with Crippen molar-refractivity contribution in [3.05, 3.63) is 94.0 Å². The molecule has 0 aliphatic heterocycles. The zero-order valence-corrected chi connectivity index (χ0v) is 21.8. The third-order valence-corrected chi connectivity index (χ3v) is 6.14. The highest BCUT2D eigenvalue weighted by Gasteiger charge is 2.33. The summed E-state index contributed by atoms with van der Waals surface area (Å²) < 4.78 is 10.1. The largest absolute Gasteiger partial charge is 0.464 e. The molecule has 0 bridgehead atoms. The Hall–Kier alpha value is -3.10. The summed E-state index contributed by atoms with van der Waals surface area (Å²) in [5, 5.41) is 24.8. The second-order valence-corrected chi connectivity index (χ2v) is 9.32. The molecule has 0 saturated carbocycles. The minimum atomic E-state index is -1.76. The predicted molar refractivity (Wildman–Crippen MR) is 142 cm³/mol. The first-order valence-electron chi connectivity index (χ1n) is 11.8. The number of esters is 1. The lowest BCUT2D eigenvalue weighted by Gasteiger charge is -2.26. The van der Waals surface area contributed by atoms with Crippen molar-refractivity contribution < 1.29 is 29.3 Å². The summed E-state index contributed by atoms with van der Waals surface area (Å²) in [5.41, 5.74) is 3.38. The number of carbonyl (C=O) groups excluding carboxylic acids is 2. The van der Waals surface area contributed by atoms with Gasteiger partial charge in [-0.15, -0.1) is 0 Å². The topological polar surface area (TPSA) is 105 Å². The van der Waals surface area contributed by atoms with Crippen molar-refractivity contribution in [3.8, 4) is 11.1 Å². The summed E-state index contributed by atoms with van der Waals surface area (Å²) in [4.78, 5) is 24.3. The third kappa shape index (κ3) is 8.76. The number of rotatable bonds is 11. The maximum atomic E-state index is 12.3. The Bertz CT molecular complexity index is 1150. The van der Waals surface area contributed by atoms with Crippen molar-refractivity contribution in [1.82, 2.24) is 5.32 Å². The first-order chi connectivity index (χ1) is 17.8. The van der Waals surface area contributed by atoms with Crippen LogP contribution >= 0.6 is 23.2 Å². The van der Waals surface area contributed by atoms with E-state index in [0.717, 1.165) is 22.3 Å². The monoisotopic (exact) mass is 545 g/mol. The molecule has 3 rings (SSSR count). The van der Waals surface area contributed by atoms with E-state index in [1.54, 1.807) is 25.1 Å². The quantitative estimate of drug-likeness (QED) is 0.292. The number of amides is 1. The lowest BCUT2D eigenvalue weighted by Crippen LogP contribution is -2.45. The number of nitrogens with one attached hydrogen (secondary N) is 1. The first kappa shape index (κ1) is 28.5. The van der Waals surface area contributed by atoms with Gasteiger partial charge in [0.2, 0.25) is 0 Å². The van der Waals surface area contributed by atoms with Gasteiger partial charge in [0.1, 0.15) is 6.61 Å². The summed E-state index contributed by atoms with van der Waals surface area (Å²) >= 11 is 12.2. The van der Waals surface area contributed by atoms with E-state index in [1.165, 1.54) is 0 Å². The Labute approximate surface area is 225 Å². The molecule has 0 aromatic heterocycles. The molecule has 3 aromatic rings. The maximum absolute atomic E-state index is 12.3. The second kappa shape index (κ2) is 14.0. The van der Waals surface area contributed by atoms with E-state index in [1.807, 2.05) is 54.6 Å². The number of aliphatic hydroxyl groups is 2. The zero-order valence-electron chi connectivity index (χ0n) is 20.3. The molecule has 3 atom stereocenters. The summed E-state index contributed by atoms with van der Waals surface area (Å²) in [6.45, 7) is 1.71. The van der Waals surface area contributed by atoms with E-state index in [9.17, 15) is 19.8 Å². The predicted octanol–water partition coefficient (Wildman–Crippen LogP) is 5.03. The van der Waals surface area contributed by atoms with Crippen LogP contribution in [0.5, 0.6) is 0 Å². The average molecular weight is 546 g/mol. The van der Waals surface area contributed by atoms with Crippen molar-refractivity contribution in [2.24, 2.45) is 5.92 Å². The van der Waals surface area contributed by atoms with Crippen molar-refractivity contribution in [2.75, 3.05) is 13.2 Å². The van der Waals surface area contributed by atoms with Crippen LogP contribution in [0.2, 0.25) is 10.0 Å². The molecule has 3 N–H and O–H groups in total. The van der Waals surface area contributed by atoms with Gasteiger partial charge in [0, 0.05) is 22.5 Å². The first-order valence-corrected chi connectivity index (χ1v) is 12.5. The van der Waals surface area contributed by atoms with Gasteiger partial charge in [0.15, 0.2) is 6.10 Å². The standard InChI is InChI=1S/C28H29Cl2NO6/c1-2-36-27(34)26(33)25(32)22(16-31-28(35)37-17-19-6-4-3-5-7-19)12-18-8-10-20(11-9-18)21-13-23(29)15-24(30)14-21/h3-11,13-15,22,25-26,32-33H,2,12,16-17H2,1H3,(H,31,35)/t22-,25-,26+/m0/s1. The minimum Gasteiger partial charge on any atom is -0.464 e. The number of hydrogen-bond donors (Lipinski definition) is 3. The van der Waals surface area contributed by atoms with Crippen LogP contribution in [0.25, 0.3) is 11.1 Å². The van der Waals surface area contributed by atoms with E-state index in [-0.39, 0.29) is 26.2 Å². The third-order valence-electron chi connectivity index (χ3n) is 5.70. The summed E-state index contributed by atoms with van der Waals surface area (Å²) in [5.74, 6) is -1.64. The van der Waals surface area contributed by atoms with Crippen LogP contribution < -0.4 is 5.32 Å². The number of halogens is 2. The van der Waals surface area contributed by atoms with Gasteiger partial charge in [-0.3, -0.25) is 0 Å². The van der Waals surface area contributed by atoms with Gasteiger partial charge < -0.3 is 25.0 Å². The molecule has 3 aromatic carbocycles. The molecule has 0 spiro atoms. The minimum absolute atomic E-state index is 0.0447. The number of alkyl carbamates (subject to hydrolysis) is 1. The molecule has 1 amide bonds. The van der Waals surface area contributed by atoms with Crippen LogP contribution in [0.4, 0.5) is 4.79 Å². The number of ether oxygens (including phenoxy) is 2. The van der Waals surface area contributed by atoms with E-state index >= 15 is 0 Å². The van der Waals surface area contributed by atoms with E-state index in [2.05, 4.69) is 5.32 Å². The van der Waals surface area contributed by atoms with E-state index in [0.29, 0.717) is 10.0 Å². The number of aliphatic hydroxyl groups excluding tert-OH is 2. The van der Waals surface area contributed by atoms with Gasteiger partial charge in [-0.1, -0.05) is 77.8 Å². The van der Waals surface area contributed by atoms with Gasteiger partial charge in [-0.25, -0.2) is 9.59 Å². The highest BCUT2D eigenvalue weighted by atomic mass is 35.5. The molecular weight excluding hydrogens is 517 g/mol. The molecule has 7 nitrogen and oxygen atoms in total. The molecular formula is C28H29Cl2NO6. The van der Waals surface area contributed by atoms with Crippen LogP contribution in [0.15, 0.2) is 72.8 Å². The Morgan fingerprint density at radius 1 is 0.865 bits per heavy atom. The summed E-state index contributed by atoms with van der Waals surface area (Å²) in [6.07, 6.45) is -3.67. The lowest BCUT2D eigenvalue weighted by molar-refractivity contribution is -0.161. The van der Waals surface area contributed by atoms with Gasteiger partial charge in [-0.2, -0.15) is 0 Å². The van der Waals surface area contributed by atoms with Gasteiger partial charge in [0.25, 0.3) is 0 Å². The molecule has 196 valence electrons. The molecule has 0 unspecified atom stereocenters. The Morgan fingerprint density at radius 2 is 1.51 bits per heavy atom. The fraction of sp³-hybridized carbons (Fsp3) is 0.286. The molecule has 0 heterocycles. The van der Waals surface area contributed by atoms with Crippen LogP contribution in [-0.2, 0) is 27.3 Å². The van der Waals surface area contributed by atoms with E-state index in [4.69, 9.17) is 32.7 Å². The second-order valence-electron chi connectivity index (χ2n) is 8.45. The average Bonchev–Trinajstić information content (AvgIpc) is 2.89. The molecule has 0 fully saturated rings. The van der Waals surface area contributed by atoms with Crippen LogP contribution in [-0.4, -0.2) is 47.6 Å². The normalized spacial score (nSPS) is 13.3. The van der Waals surface area contributed by atoms with Crippen LogP contribution in [0, 0.1) is 5.92 Å². The molecule has 0 aliphatic carbocycles. The Balaban J connectivity index is 1.69. The Morgan fingerprint density at radius 3 is 2.14 bits per heavy atom. The summed E-state index contributed by atoms with van der Waals surface area (Å²) in [7, 11) is 0. The van der Waals surface area contributed by atoms with Crippen molar-refractivity contribution >= 4 is 35.3 Å². The molecule has 0 radical (unpaired) electrons. The maximum Gasteiger partial charge on any atom is 0.407 e. The van der Waals surface area contributed by atoms with Crippen LogP contribution in [0.1, 0.15) is 18.1 Å². The van der Waals surface area contributed by atoms with Crippen LogP contribution in [0.3, 0.4) is 0 Å². The van der Waals surface area contributed by atoms with Gasteiger partial charge in [-0.05, 0) is 53.8 Å². The zero-order chi connectivity index (χ0) is 26.8. The van der Waals surface area contributed by atoms with Crippen molar-refractivity contribution in [2.45, 2.75) is 32.2 Å². The molecule has 0 saturated heterocycles. The Kier molecular flexibility index (Phi) is 10.8. The SMILES string of the molecule is CCOC(=O)[C@H](O)[C@@H](O)[C@H](CNC(=O)OCc1ccccc1)Cc1ccc(-c2cc(Cl)cc(Cl)c2)cc1. The number of hydrogen-bond acceptors (Lipinski definition) is 6. The highest BCUT2D eigenvalue weighted by molar-refractivity contribution is 6.35. The lowest BCUT2D eigenvalue weighted by atomic mass is 9.90. The molecule has 37 heavy (non-hydrogen) atoms. The highest BCUT2D eigenvalue weighted by Crippen LogP contribution is 2.28. The molecule has 0 aliphatic rings. The van der Waals surface area contributed by atoms with Crippen molar-refractivity contribution in [1.29, 1.82) is 0 Å². The number of carbonyl (C=O) groups is 2. The smallest absolute Gasteiger partial charge is 0.407 e. The van der Waals surface area contributed by atoms with E-state index < -0.39 is 30.2 Å². The number of benzene rings is 3. The fourth-order valence-electron chi connectivity index (χ4n) is 3.78. The van der Waals surface area contributed by atoms with Crippen molar-refractivity contribution in [3.63, 3.8) is 0 Å². The van der Waals surface area contributed by atoms with Gasteiger partial charge >= 0.3 is 12.1 Å². The molecule has 9 heteroatoms. The fourth-order valence-corrected chi connectivity index (χ4v) is 4.31. The summed E-state index contributed by atoms with van der Waals surface area (Å²) in [6, 6.07) is 21.9.